The van der Waals surface area contributed by atoms with E-state index in [1.807, 2.05) is 0 Å². The van der Waals surface area contributed by atoms with E-state index in [2.05, 4.69) is 9.97 Å². The zero-order chi connectivity index (χ0) is 10.8. The number of benzene rings is 1. The highest BCUT2D eigenvalue weighted by Gasteiger charge is 2.14. The van der Waals surface area contributed by atoms with E-state index in [0.29, 0.717) is 5.56 Å². The van der Waals surface area contributed by atoms with E-state index >= 15 is 0 Å². The molecule has 0 unspecified atom stereocenters. The molecule has 0 amide bonds. The van der Waals surface area contributed by atoms with Gasteiger partial charge in [0.1, 0.15) is 6.33 Å². The molecule has 0 atom stereocenters. The molecule has 1 heterocycles. The van der Waals surface area contributed by atoms with Crippen LogP contribution in [0, 0.1) is 17.5 Å². The SMILES string of the molecule is Fc1ccc(-c2cncnc2)c(F)c1F. The molecule has 2 rings (SSSR count). The minimum atomic E-state index is -1.49. The lowest BCUT2D eigenvalue weighted by Crippen LogP contribution is -1.94. The van der Waals surface area contributed by atoms with Gasteiger partial charge < -0.3 is 0 Å². The summed E-state index contributed by atoms with van der Waals surface area (Å²) in [5.74, 6) is -3.94. The minimum Gasteiger partial charge on any atom is -0.244 e. The molecule has 0 fully saturated rings. The third-order valence-electron chi connectivity index (χ3n) is 1.91. The normalized spacial score (nSPS) is 10.3. The van der Waals surface area contributed by atoms with Crippen molar-refractivity contribution in [2.24, 2.45) is 0 Å². The Morgan fingerprint density at radius 2 is 1.53 bits per heavy atom. The van der Waals surface area contributed by atoms with Crippen LogP contribution in [0.3, 0.4) is 0 Å². The Kier molecular flexibility index (Phi) is 2.37. The third-order valence-corrected chi connectivity index (χ3v) is 1.91. The van der Waals surface area contributed by atoms with Crippen molar-refractivity contribution in [3.8, 4) is 11.1 Å². The van der Waals surface area contributed by atoms with Crippen LogP contribution in [0.15, 0.2) is 30.9 Å². The lowest BCUT2D eigenvalue weighted by molar-refractivity contribution is 0.449. The summed E-state index contributed by atoms with van der Waals surface area (Å²) < 4.78 is 38.8. The van der Waals surface area contributed by atoms with Gasteiger partial charge in [0.2, 0.25) is 0 Å². The van der Waals surface area contributed by atoms with Crippen LogP contribution in [0.1, 0.15) is 0 Å². The largest absolute Gasteiger partial charge is 0.244 e. The molecule has 0 saturated carbocycles. The Balaban J connectivity index is 2.60. The van der Waals surface area contributed by atoms with Crippen molar-refractivity contribution >= 4 is 0 Å². The second-order valence-electron chi connectivity index (χ2n) is 2.85. The Morgan fingerprint density at radius 1 is 0.867 bits per heavy atom. The summed E-state index contributed by atoms with van der Waals surface area (Å²) in [6, 6.07) is 2.01. The monoisotopic (exact) mass is 210 g/mol. The van der Waals surface area contributed by atoms with E-state index in [4.69, 9.17) is 0 Å². The highest BCUT2D eigenvalue weighted by atomic mass is 19.2. The number of rotatable bonds is 1. The summed E-state index contributed by atoms with van der Waals surface area (Å²) in [7, 11) is 0. The van der Waals surface area contributed by atoms with Crippen LogP contribution in [0.2, 0.25) is 0 Å². The van der Waals surface area contributed by atoms with Gasteiger partial charge in [-0.05, 0) is 12.1 Å². The van der Waals surface area contributed by atoms with Gasteiger partial charge in [-0.15, -0.1) is 0 Å². The van der Waals surface area contributed by atoms with Crippen LogP contribution in [0.4, 0.5) is 13.2 Å². The van der Waals surface area contributed by atoms with Crippen molar-refractivity contribution < 1.29 is 13.2 Å². The maximum Gasteiger partial charge on any atom is 0.195 e. The number of hydrogen-bond acceptors (Lipinski definition) is 2. The van der Waals surface area contributed by atoms with Crippen LogP contribution in [-0.4, -0.2) is 9.97 Å². The fourth-order valence-corrected chi connectivity index (χ4v) is 1.19. The maximum atomic E-state index is 13.3. The van der Waals surface area contributed by atoms with Gasteiger partial charge in [-0.2, -0.15) is 0 Å². The number of halogens is 3. The van der Waals surface area contributed by atoms with E-state index in [0.717, 1.165) is 12.1 Å². The first-order valence-electron chi connectivity index (χ1n) is 4.09. The van der Waals surface area contributed by atoms with Gasteiger partial charge in [-0.25, -0.2) is 23.1 Å². The third kappa shape index (κ3) is 1.68. The van der Waals surface area contributed by atoms with E-state index in [9.17, 15) is 13.2 Å². The van der Waals surface area contributed by atoms with Gasteiger partial charge in [0.25, 0.3) is 0 Å². The van der Waals surface area contributed by atoms with Crippen LogP contribution < -0.4 is 0 Å². The van der Waals surface area contributed by atoms with E-state index in [-0.39, 0.29) is 5.56 Å². The second-order valence-corrected chi connectivity index (χ2v) is 2.85. The summed E-state index contributed by atoms with van der Waals surface area (Å²) in [6.45, 7) is 0. The molecule has 0 saturated heterocycles. The quantitative estimate of drug-likeness (QED) is 0.676. The molecule has 1 aromatic heterocycles. The Morgan fingerprint density at radius 3 is 2.20 bits per heavy atom. The molecule has 0 aliphatic heterocycles. The average Bonchev–Trinajstić information content (AvgIpc) is 2.27. The summed E-state index contributed by atoms with van der Waals surface area (Å²) in [5.41, 5.74) is 0.239. The molecular formula is C10H5F3N2. The summed E-state index contributed by atoms with van der Waals surface area (Å²) in [5, 5.41) is 0. The molecule has 15 heavy (non-hydrogen) atoms. The van der Waals surface area contributed by atoms with Crippen molar-refractivity contribution in [1.29, 1.82) is 0 Å². The average molecular weight is 210 g/mol. The first kappa shape index (κ1) is 9.64. The number of aromatic nitrogens is 2. The van der Waals surface area contributed by atoms with Gasteiger partial charge >= 0.3 is 0 Å². The van der Waals surface area contributed by atoms with E-state index in [1.165, 1.54) is 18.7 Å². The van der Waals surface area contributed by atoms with Crippen LogP contribution >= 0.6 is 0 Å². The fraction of sp³-hybridized carbons (Fsp3) is 0. The highest BCUT2D eigenvalue weighted by molar-refractivity contribution is 5.62. The Labute approximate surface area is 83.4 Å². The fourth-order valence-electron chi connectivity index (χ4n) is 1.19. The zero-order valence-corrected chi connectivity index (χ0v) is 7.42. The molecule has 2 aromatic rings. The first-order chi connectivity index (χ1) is 7.20. The Hall–Kier alpha value is -1.91. The first-order valence-corrected chi connectivity index (χ1v) is 4.09. The van der Waals surface area contributed by atoms with Crippen molar-refractivity contribution in [1.82, 2.24) is 9.97 Å². The standard InChI is InChI=1S/C10H5F3N2/c11-8-2-1-7(9(12)10(8)13)6-3-14-5-15-4-6/h1-5H. The van der Waals surface area contributed by atoms with Gasteiger partial charge in [-0.3, -0.25) is 0 Å². The molecule has 0 aliphatic carbocycles. The molecule has 2 nitrogen and oxygen atoms in total. The Bertz CT molecular complexity index is 486. The smallest absolute Gasteiger partial charge is 0.195 e. The topological polar surface area (TPSA) is 25.8 Å². The predicted molar refractivity (Wildman–Crippen MR) is 47.3 cm³/mol. The number of nitrogens with zero attached hydrogens (tertiary/aromatic N) is 2. The minimum absolute atomic E-state index is 0.0606. The number of hydrogen-bond donors (Lipinski definition) is 0. The summed E-state index contributed by atoms with van der Waals surface area (Å²) in [4.78, 5) is 7.32. The predicted octanol–water partition coefficient (Wildman–Crippen LogP) is 2.56. The molecule has 0 spiro atoms. The summed E-state index contributed by atoms with van der Waals surface area (Å²) >= 11 is 0. The summed E-state index contributed by atoms with van der Waals surface area (Å²) in [6.07, 6.45) is 3.91. The molecule has 0 bridgehead atoms. The molecule has 1 aromatic carbocycles. The van der Waals surface area contributed by atoms with Gasteiger partial charge in [0.05, 0.1) is 0 Å². The van der Waals surface area contributed by atoms with Gasteiger partial charge in [0.15, 0.2) is 17.5 Å². The van der Waals surface area contributed by atoms with Gasteiger partial charge in [-0.1, -0.05) is 0 Å². The lowest BCUT2D eigenvalue weighted by atomic mass is 10.1. The zero-order valence-electron chi connectivity index (χ0n) is 7.42. The van der Waals surface area contributed by atoms with Gasteiger partial charge in [0, 0.05) is 23.5 Å². The molecular weight excluding hydrogens is 205 g/mol. The molecule has 0 aliphatic rings. The van der Waals surface area contributed by atoms with Crippen molar-refractivity contribution in [2.75, 3.05) is 0 Å². The van der Waals surface area contributed by atoms with E-state index in [1.54, 1.807) is 0 Å². The maximum absolute atomic E-state index is 13.3. The molecule has 0 radical (unpaired) electrons. The van der Waals surface area contributed by atoms with Crippen LogP contribution in [0.5, 0.6) is 0 Å². The highest BCUT2D eigenvalue weighted by Crippen LogP contribution is 2.24. The second kappa shape index (κ2) is 3.68. The molecule has 5 heteroatoms. The van der Waals surface area contributed by atoms with Crippen molar-refractivity contribution in [3.63, 3.8) is 0 Å². The van der Waals surface area contributed by atoms with Crippen LogP contribution in [-0.2, 0) is 0 Å². The molecule has 76 valence electrons. The van der Waals surface area contributed by atoms with Crippen LogP contribution in [0.25, 0.3) is 11.1 Å². The van der Waals surface area contributed by atoms with Crippen molar-refractivity contribution in [2.45, 2.75) is 0 Å². The molecule has 0 N–H and O–H groups in total. The lowest BCUT2D eigenvalue weighted by Gasteiger charge is -2.03. The van der Waals surface area contributed by atoms with E-state index < -0.39 is 17.5 Å². The van der Waals surface area contributed by atoms with Crippen molar-refractivity contribution in [3.05, 3.63) is 48.3 Å².